The minimum Gasteiger partial charge on any atom is -0.478 e. The van der Waals surface area contributed by atoms with Gasteiger partial charge >= 0.3 is 5.97 Å². The Balaban J connectivity index is 1.29. The van der Waals surface area contributed by atoms with Gasteiger partial charge in [0.25, 0.3) is 11.8 Å². The lowest BCUT2D eigenvalue weighted by Crippen LogP contribution is -2.39. The number of hydrogen-bond donors (Lipinski definition) is 4. The first kappa shape index (κ1) is 29.0. The first-order valence-corrected chi connectivity index (χ1v) is 13.9. The molecule has 1 saturated heterocycles. The number of carboxylic acid groups (broad SMARTS) is 1. The second kappa shape index (κ2) is 13.0. The summed E-state index contributed by atoms with van der Waals surface area (Å²) in [6, 6.07) is 19.5. The predicted octanol–water partition coefficient (Wildman–Crippen LogP) is 4.40. The molecule has 0 aliphatic carbocycles. The largest absolute Gasteiger partial charge is 0.478 e. The van der Waals surface area contributed by atoms with Crippen LogP contribution < -0.4 is 16.1 Å². The number of carboxylic acids is 1. The monoisotopic (exact) mass is 570 g/mol. The Hall–Kier alpha value is -4.51. The van der Waals surface area contributed by atoms with E-state index in [0.29, 0.717) is 52.0 Å². The highest BCUT2D eigenvalue weighted by molar-refractivity contribution is 6.37. The number of aryl methyl sites for hydroxylation is 1. The summed E-state index contributed by atoms with van der Waals surface area (Å²) in [6.45, 7) is 4.71. The van der Waals surface area contributed by atoms with Gasteiger partial charge in [0.2, 0.25) is 0 Å². The van der Waals surface area contributed by atoms with Gasteiger partial charge in [0.05, 0.1) is 35.2 Å². The van der Waals surface area contributed by atoms with E-state index in [4.69, 9.17) is 9.57 Å². The minimum atomic E-state index is -1.06. The van der Waals surface area contributed by atoms with E-state index < -0.39 is 5.97 Å². The lowest BCUT2D eigenvalue weighted by molar-refractivity contribution is -0.110. The van der Waals surface area contributed by atoms with Crippen LogP contribution in [-0.2, 0) is 14.4 Å². The molecular formula is C32H34N4O6. The number of rotatable bonds is 10. The number of benzene rings is 3. The molecule has 0 aromatic heterocycles. The molecule has 0 unspecified atom stereocenters. The van der Waals surface area contributed by atoms with E-state index in [0.717, 1.165) is 38.0 Å². The number of piperidine rings is 1. The van der Waals surface area contributed by atoms with E-state index in [1.165, 1.54) is 6.07 Å². The number of nitrogens with one attached hydrogen (secondary N) is 3. The molecule has 0 saturated carbocycles. The Kier molecular flexibility index (Phi) is 8.97. The number of hydrogen-bond acceptors (Lipinski definition) is 7. The Morgan fingerprint density at radius 2 is 1.74 bits per heavy atom. The van der Waals surface area contributed by atoms with Gasteiger partial charge in [-0.25, -0.2) is 10.3 Å². The molecular weight excluding hydrogens is 536 g/mol. The summed E-state index contributed by atoms with van der Waals surface area (Å²) in [6.07, 6.45) is 2.31. The second-order valence-corrected chi connectivity index (χ2v) is 10.3. The Labute approximate surface area is 244 Å². The van der Waals surface area contributed by atoms with Crippen molar-refractivity contribution in [2.24, 2.45) is 0 Å². The number of methoxy groups -OCH3 is 1. The summed E-state index contributed by atoms with van der Waals surface area (Å²) >= 11 is 0. The highest BCUT2D eigenvalue weighted by Crippen LogP contribution is 2.39. The molecule has 1 fully saturated rings. The molecule has 0 atom stereocenters. The van der Waals surface area contributed by atoms with Crippen molar-refractivity contribution < 1.29 is 29.1 Å². The van der Waals surface area contributed by atoms with Gasteiger partial charge in [0.1, 0.15) is 0 Å². The third-order valence-corrected chi connectivity index (χ3v) is 7.61. The normalized spacial score (nSPS) is 16.5. The smallest absolute Gasteiger partial charge is 0.336 e. The lowest BCUT2D eigenvalue weighted by Gasteiger charge is -2.30. The SMILES string of the molecule is COC1CCN(CCONC(=O)c2ccc(N/C(=C3\C(=O)Nc4cc(C(=O)O)c(C)cc43)c3ccccc3)cc2)CC1. The molecule has 3 aromatic rings. The van der Waals surface area contributed by atoms with Crippen LogP contribution >= 0.6 is 0 Å². The van der Waals surface area contributed by atoms with Crippen LogP contribution in [0.3, 0.4) is 0 Å². The number of hydroxylamine groups is 1. The van der Waals surface area contributed by atoms with Crippen molar-refractivity contribution in [3.63, 3.8) is 0 Å². The molecule has 2 heterocycles. The maximum absolute atomic E-state index is 13.2. The van der Waals surface area contributed by atoms with E-state index >= 15 is 0 Å². The molecule has 2 aliphatic rings. The summed E-state index contributed by atoms with van der Waals surface area (Å²) in [7, 11) is 1.74. The Bertz CT molecular complexity index is 1500. The third kappa shape index (κ3) is 6.52. The third-order valence-electron chi connectivity index (χ3n) is 7.61. The molecule has 42 heavy (non-hydrogen) atoms. The van der Waals surface area contributed by atoms with Crippen molar-refractivity contribution in [2.75, 3.05) is 44.0 Å². The van der Waals surface area contributed by atoms with Gasteiger partial charge < -0.3 is 25.4 Å². The van der Waals surface area contributed by atoms with Crippen LogP contribution in [0.15, 0.2) is 66.7 Å². The highest BCUT2D eigenvalue weighted by Gasteiger charge is 2.30. The minimum absolute atomic E-state index is 0.133. The van der Waals surface area contributed by atoms with Crippen molar-refractivity contribution in [1.29, 1.82) is 0 Å². The fourth-order valence-electron chi connectivity index (χ4n) is 5.26. The van der Waals surface area contributed by atoms with Crippen molar-refractivity contribution in [1.82, 2.24) is 10.4 Å². The number of nitrogens with zero attached hydrogens (tertiary/aromatic N) is 1. The van der Waals surface area contributed by atoms with E-state index in [2.05, 4.69) is 21.0 Å². The highest BCUT2D eigenvalue weighted by atomic mass is 16.7. The summed E-state index contributed by atoms with van der Waals surface area (Å²) in [5, 5.41) is 15.7. The van der Waals surface area contributed by atoms with Crippen molar-refractivity contribution in [3.8, 4) is 0 Å². The maximum atomic E-state index is 13.2. The molecule has 10 nitrogen and oxygen atoms in total. The molecule has 2 aliphatic heterocycles. The van der Waals surface area contributed by atoms with Crippen LogP contribution in [0.2, 0.25) is 0 Å². The van der Waals surface area contributed by atoms with Crippen molar-refractivity contribution in [3.05, 3.63) is 94.5 Å². The molecule has 4 N–H and O–H groups in total. The summed E-state index contributed by atoms with van der Waals surface area (Å²) in [5.41, 5.74) is 7.08. The average Bonchev–Trinajstić information content (AvgIpc) is 3.32. The fourth-order valence-corrected chi connectivity index (χ4v) is 5.26. The number of anilines is 2. The first-order valence-electron chi connectivity index (χ1n) is 13.9. The quantitative estimate of drug-likeness (QED) is 0.160. The van der Waals surface area contributed by atoms with E-state index in [1.807, 2.05) is 30.3 Å². The first-order chi connectivity index (χ1) is 20.3. The van der Waals surface area contributed by atoms with Gasteiger partial charge in [-0.1, -0.05) is 30.3 Å². The van der Waals surface area contributed by atoms with Crippen molar-refractivity contribution in [2.45, 2.75) is 25.9 Å². The number of ether oxygens (including phenoxy) is 1. The van der Waals surface area contributed by atoms with Crippen LogP contribution in [0.5, 0.6) is 0 Å². The molecule has 5 rings (SSSR count). The topological polar surface area (TPSA) is 129 Å². The predicted molar refractivity (Wildman–Crippen MR) is 160 cm³/mol. The summed E-state index contributed by atoms with van der Waals surface area (Å²) in [4.78, 5) is 45.2. The molecule has 218 valence electrons. The standard InChI is InChI=1S/C32H34N4O6/c1-20-18-26-27(19-25(20)32(39)40)34-31(38)28(26)29(21-6-4-3-5-7-21)33-23-10-8-22(9-11-23)30(37)35-42-17-16-36-14-12-24(41-2)13-15-36/h3-11,18-19,24,33H,12-17H2,1-2H3,(H,34,38)(H,35,37)(H,39,40)/b29-28-. The van der Waals surface area contributed by atoms with Gasteiger partial charge in [-0.3, -0.25) is 14.4 Å². The second-order valence-electron chi connectivity index (χ2n) is 10.3. The van der Waals surface area contributed by atoms with Crippen LogP contribution in [0.4, 0.5) is 11.4 Å². The van der Waals surface area contributed by atoms with Crippen molar-refractivity contribution >= 4 is 40.4 Å². The number of carbonyl (C=O) groups is 3. The summed E-state index contributed by atoms with van der Waals surface area (Å²) < 4.78 is 5.40. The number of carbonyl (C=O) groups excluding carboxylic acids is 2. The van der Waals surface area contributed by atoms with Crippen LogP contribution in [-0.4, -0.2) is 67.2 Å². The maximum Gasteiger partial charge on any atom is 0.336 e. The van der Waals surface area contributed by atoms with Gasteiger partial charge in [-0.2, -0.15) is 0 Å². The number of likely N-dealkylation sites (tertiary alicyclic amines) is 1. The van der Waals surface area contributed by atoms with Gasteiger partial charge in [-0.05, 0) is 67.3 Å². The number of amides is 2. The van der Waals surface area contributed by atoms with Crippen LogP contribution in [0.1, 0.15) is 50.2 Å². The van der Waals surface area contributed by atoms with Gasteiger partial charge in [0.15, 0.2) is 0 Å². The van der Waals surface area contributed by atoms with E-state index in [-0.39, 0.29) is 17.4 Å². The number of aromatic carboxylic acids is 1. The number of fused-ring (bicyclic) bond motifs is 1. The molecule has 0 radical (unpaired) electrons. The zero-order valence-corrected chi connectivity index (χ0v) is 23.6. The van der Waals surface area contributed by atoms with E-state index in [9.17, 15) is 19.5 Å². The average molecular weight is 571 g/mol. The molecule has 0 bridgehead atoms. The molecule has 3 aromatic carbocycles. The lowest BCUT2D eigenvalue weighted by atomic mass is 9.96. The van der Waals surface area contributed by atoms with Crippen LogP contribution in [0, 0.1) is 6.92 Å². The Morgan fingerprint density at radius 3 is 2.40 bits per heavy atom. The molecule has 0 spiro atoms. The molecule has 2 amide bonds. The van der Waals surface area contributed by atoms with Gasteiger partial charge in [0, 0.05) is 43.6 Å². The zero-order chi connectivity index (χ0) is 29.6. The summed E-state index contributed by atoms with van der Waals surface area (Å²) in [5.74, 6) is -1.75. The van der Waals surface area contributed by atoms with Gasteiger partial charge in [-0.15, -0.1) is 0 Å². The Morgan fingerprint density at radius 1 is 1.02 bits per heavy atom. The van der Waals surface area contributed by atoms with Crippen LogP contribution in [0.25, 0.3) is 11.3 Å². The molecule has 10 heteroatoms. The van der Waals surface area contributed by atoms with E-state index in [1.54, 1.807) is 44.4 Å². The fraction of sp³-hybridized carbons (Fsp3) is 0.281. The zero-order valence-electron chi connectivity index (χ0n) is 23.6.